The molecule has 3 heterocycles. The molecule has 8 heteroatoms. The third-order valence-corrected chi connectivity index (χ3v) is 5.28. The van der Waals surface area contributed by atoms with Crippen LogP contribution in [0.25, 0.3) is 21.6 Å². The van der Waals surface area contributed by atoms with Crippen LogP contribution in [-0.2, 0) is 0 Å². The molecule has 0 fully saturated rings. The summed E-state index contributed by atoms with van der Waals surface area (Å²) >= 11 is 1.06. The Labute approximate surface area is 158 Å². The van der Waals surface area contributed by atoms with Crippen LogP contribution in [0.15, 0.2) is 58.3 Å². The van der Waals surface area contributed by atoms with Gasteiger partial charge in [-0.2, -0.15) is 4.37 Å². The van der Waals surface area contributed by atoms with Crippen LogP contribution < -0.4 is 16.0 Å². The first-order valence-electron chi connectivity index (χ1n) is 8.29. The third kappa shape index (κ3) is 2.93. The fourth-order valence-corrected chi connectivity index (χ4v) is 3.76. The average molecular weight is 380 g/mol. The molecule has 0 bridgehead atoms. The van der Waals surface area contributed by atoms with Crippen molar-refractivity contribution < 1.29 is 4.74 Å². The maximum Gasteiger partial charge on any atom is 0.329 e. The molecule has 0 radical (unpaired) electrons. The summed E-state index contributed by atoms with van der Waals surface area (Å²) in [6.45, 7) is 1.81. The monoisotopic (exact) mass is 380 g/mol. The SMILES string of the molecule is COc1ccc([C@@H](C)n2c(=O)[nH]c3c(-c4ccccn4)nsc3c2=O)cc1. The fourth-order valence-electron chi connectivity index (χ4n) is 2.98. The molecule has 0 amide bonds. The van der Waals surface area contributed by atoms with Crippen molar-refractivity contribution in [2.75, 3.05) is 7.11 Å². The summed E-state index contributed by atoms with van der Waals surface area (Å²) in [7, 11) is 1.59. The second-order valence-corrected chi connectivity index (χ2v) is 6.78. The second-order valence-electron chi connectivity index (χ2n) is 6.00. The number of rotatable bonds is 4. The number of benzene rings is 1. The number of hydrogen-bond donors (Lipinski definition) is 1. The quantitative estimate of drug-likeness (QED) is 0.588. The van der Waals surface area contributed by atoms with E-state index in [1.807, 2.05) is 25.1 Å². The van der Waals surface area contributed by atoms with Crippen molar-refractivity contribution in [3.05, 3.63) is 75.1 Å². The van der Waals surface area contributed by atoms with E-state index >= 15 is 0 Å². The molecular formula is C19H16N4O3S. The fraction of sp³-hybridized carbons (Fsp3) is 0.158. The Kier molecular flexibility index (Phi) is 4.33. The van der Waals surface area contributed by atoms with Gasteiger partial charge in [0.05, 0.1) is 24.4 Å². The van der Waals surface area contributed by atoms with Gasteiger partial charge in [-0.25, -0.2) is 4.79 Å². The van der Waals surface area contributed by atoms with Crippen molar-refractivity contribution in [3.63, 3.8) is 0 Å². The summed E-state index contributed by atoms with van der Waals surface area (Å²) in [4.78, 5) is 32.8. The lowest BCUT2D eigenvalue weighted by Gasteiger charge is -2.14. The molecule has 1 atom stereocenters. The normalized spacial score (nSPS) is 12.2. The summed E-state index contributed by atoms with van der Waals surface area (Å²) in [6, 6.07) is 12.3. The first-order valence-corrected chi connectivity index (χ1v) is 9.07. The molecule has 4 aromatic rings. The van der Waals surface area contributed by atoms with E-state index in [1.54, 1.807) is 37.6 Å². The van der Waals surface area contributed by atoms with Crippen LogP contribution in [0.5, 0.6) is 5.75 Å². The summed E-state index contributed by atoms with van der Waals surface area (Å²) in [5.74, 6) is 0.713. The van der Waals surface area contributed by atoms with Crippen molar-refractivity contribution in [2.24, 2.45) is 0 Å². The van der Waals surface area contributed by atoms with Crippen LogP contribution in [0.4, 0.5) is 0 Å². The molecule has 0 aliphatic rings. The number of ether oxygens (including phenoxy) is 1. The topological polar surface area (TPSA) is 89.9 Å². The average Bonchev–Trinajstić information content (AvgIpc) is 3.12. The summed E-state index contributed by atoms with van der Waals surface area (Å²) in [6.07, 6.45) is 1.64. The van der Waals surface area contributed by atoms with E-state index in [-0.39, 0.29) is 5.56 Å². The molecule has 4 rings (SSSR count). The zero-order chi connectivity index (χ0) is 19.0. The minimum absolute atomic E-state index is 0.364. The number of fused-ring (bicyclic) bond motifs is 1. The number of H-pyrrole nitrogens is 1. The first kappa shape index (κ1) is 17.2. The van der Waals surface area contributed by atoms with Crippen molar-refractivity contribution in [1.29, 1.82) is 0 Å². The van der Waals surface area contributed by atoms with E-state index in [0.29, 0.717) is 27.4 Å². The summed E-state index contributed by atoms with van der Waals surface area (Å²) in [5, 5.41) is 0. The third-order valence-electron chi connectivity index (χ3n) is 4.45. The number of nitrogens with one attached hydrogen (secondary N) is 1. The second kappa shape index (κ2) is 6.81. The lowest BCUT2D eigenvalue weighted by molar-refractivity contribution is 0.414. The number of methoxy groups -OCH3 is 1. The van der Waals surface area contributed by atoms with Gasteiger partial charge in [0.15, 0.2) is 0 Å². The molecule has 0 unspecified atom stereocenters. The first-order chi connectivity index (χ1) is 13.1. The van der Waals surface area contributed by atoms with Gasteiger partial charge >= 0.3 is 5.69 Å². The zero-order valence-corrected chi connectivity index (χ0v) is 15.5. The Morgan fingerprint density at radius 3 is 2.59 bits per heavy atom. The summed E-state index contributed by atoms with van der Waals surface area (Å²) in [5.41, 5.74) is 1.53. The van der Waals surface area contributed by atoms with Crippen molar-refractivity contribution in [1.82, 2.24) is 18.9 Å². The van der Waals surface area contributed by atoms with Gasteiger partial charge in [-0.05, 0) is 48.3 Å². The van der Waals surface area contributed by atoms with Gasteiger partial charge in [0.25, 0.3) is 5.56 Å². The minimum atomic E-state index is -0.479. The van der Waals surface area contributed by atoms with Gasteiger partial charge in [0.2, 0.25) is 0 Å². The molecule has 0 spiro atoms. The van der Waals surface area contributed by atoms with E-state index in [4.69, 9.17) is 4.74 Å². The number of pyridine rings is 1. The van der Waals surface area contributed by atoms with Gasteiger partial charge in [-0.15, -0.1) is 0 Å². The Bertz CT molecular complexity index is 1210. The number of nitrogens with zero attached hydrogens (tertiary/aromatic N) is 3. The Morgan fingerprint density at radius 1 is 1.15 bits per heavy atom. The smallest absolute Gasteiger partial charge is 0.329 e. The molecule has 27 heavy (non-hydrogen) atoms. The zero-order valence-electron chi connectivity index (χ0n) is 14.7. The lowest BCUT2D eigenvalue weighted by atomic mass is 10.1. The summed E-state index contributed by atoms with van der Waals surface area (Å²) < 4.78 is 11.1. The molecule has 0 saturated heterocycles. The number of aromatic amines is 1. The van der Waals surface area contributed by atoms with E-state index in [1.165, 1.54) is 4.57 Å². The van der Waals surface area contributed by atoms with E-state index in [2.05, 4.69) is 14.3 Å². The Hall–Kier alpha value is -3.26. The molecule has 1 aromatic carbocycles. The van der Waals surface area contributed by atoms with Crippen LogP contribution in [0.1, 0.15) is 18.5 Å². The van der Waals surface area contributed by atoms with Crippen LogP contribution in [0, 0.1) is 0 Å². The number of aromatic nitrogens is 4. The molecule has 3 aromatic heterocycles. The van der Waals surface area contributed by atoms with Gasteiger partial charge in [-0.3, -0.25) is 14.3 Å². The predicted octanol–water partition coefficient (Wildman–Crippen LogP) is 2.83. The molecule has 7 nitrogen and oxygen atoms in total. The Balaban J connectivity index is 1.85. The number of hydrogen-bond acceptors (Lipinski definition) is 6. The van der Waals surface area contributed by atoms with E-state index in [0.717, 1.165) is 17.1 Å². The van der Waals surface area contributed by atoms with E-state index < -0.39 is 11.7 Å². The van der Waals surface area contributed by atoms with Gasteiger partial charge < -0.3 is 9.72 Å². The molecule has 0 aliphatic carbocycles. The van der Waals surface area contributed by atoms with Crippen molar-refractivity contribution >= 4 is 21.7 Å². The van der Waals surface area contributed by atoms with Crippen LogP contribution >= 0.6 is 11.5 Å². The maximum atomic E-state index is 13.0. The van der Waals surface area contributed by atoms with Crippen LogP contribution in [0.2, 0.25) is 0 Å². The van der Waals surface area contributed by atoms with Gasteiger partial charge in [0.1, 0.15) is 16.1 Å². The molecule has 1 N–H and O–H groups in total. The molecule has 136 valence electrons. The predicted molar refractivity (Wildman–Crippen MR) is 105 cm³/mol. The molecule has 0 saturated carbocycles. The largest absolute Gasteiger partial charge is 0.497 e. The highest BCUT2D eigenvalue weighted by atomic mass is 32.1. The van der Waals surface area contributed by atoms with Crippen LogP contribution in [-0.4, -0.2) is 26.0 Å². The van der Waals surface area contributed by atoms with Gasteiger partial charge in [0, 0.05) is 6.20 Å². The highest BCUT2D eigenvalue weighted by Gasteiger charge is 2.20. The molecular weight excluding hydrogens is 364 g/mol. The lowest BCUT2D eigenvalue weighted by Crippen LogP contribution is -2.37. The standard InChI is InChI=1S/C19H16N4O3S/c1-11(12-6-8-13(26-2)9-7-12)23-18(24)17-16(21-19(23)25)15(22-27-17)14-5-3-4-10-20-14/h3-11H,1-2H3,(H,21,25)/t11-/m1/s1. The van der Waals surface area contributed by atoms with Gasteiger partial charge in [-0.1, -0.05) is 18.2 Å². The van der Waals surface area contributed by atoms with Crippen LogP contribution in [0.3, 0.4) is 0 Å². The maximum absolute atomic E-state index is 13.0. The van der Waals surface area contributed by atoms with Crippen molar-refractivity contribution in [2.45, 2.75) is 13.0 Å². The highest BCUT2D eigenvalue weighted by Crippen LogP contribution is 2.26. The van der Waals surface area contributed by atoms with E-state index in [9.17, 15) is 9.59 Å². The minimum Gasteiger partial charge on any atom is -0.497 e. The molecule has 0 aliphatic heterocycles. The Morgan fingerprint density at radius 2 is 1.93 bits per heavy atom. The highest BCUT2D eigenvalue weighted by molar-refractivity contribution is 7.13. The van der Waals surface area contributed by atoms with Crippen molar-refractivity contribution in [3.8, 4) is 17.1 Å².